The van der Waals surface area contributed by atoms with E-state index in [1.165, 1.54) is 30.4 Å². The van der Waals surface area contributed by atoms with Crippen molar-refractivity contribution >= 4 is 11.6 Å². The Bertz CT molecular complexity index is 371. The molecule has 1 aromatic carbocycles. The number of hydrogen-bond donors (Lipinski definition) is 0. The van der Waals surface area contributed by atoms with Crippen LogP contribution in [0.1, 0.15) is 17.5 Å². The number of aryl methyl sites for hydroxylation is 2. The number of benzene rings is 1. The maximum absolute atomic E-state index is 5.63. The number of fused-ring (bicyclic) bond motifs is 1. The van der Waals surface area contributed by atoms with E-state index in [4.69, 9.17) is 16.3 Å². The van der Waals surface area contributed by atoms with Crippen molar-refractivity contribution in [2.45, 2.75) is 19.3 Å². The maximum atomic E-state index is 5.63. The highest BCUT2D eigenvalue weighted by Gasteiger charge is 2.10. The largest absolute Gasteiger partial charge is 0.489 e. The Morgan fingerprint density at radius 2 is 2.13 bits per heavy atom. The van der Waals surface area contributed by atoms with Crippen molar-refractivity contribution in [1.82, 2.24) is 0 Å². The van der Waals surface area contributed by atoms with E-state index in [0.717, 1.165) is 11.3 Å². The summed E-state index contributed by atoms with van der Waals surface area (Å²) in [6, 6.07) is 6.34. The van der Waals surface area contributed by atoms with Gasteiger partial charge in [-0.2, -0.15) is 0 Å². The van der Waals surface area contributed by atoms with Gasteiger partial charge in [0.05, 0.1) is 0 Å². The second-order valence-electron chi connectivity index (χ2n) is 3.96. The molecule has 15 heavy (non-hydrogen) atoms. The van der Waals surface area contributed by atoms with Gasteiger partial charge < -0.3 is 4.74 Å². The summed E-state index contributed by atoms with van der Waals surface area (Å²) in [5.74, 6) is 1.40. The molecule has 0 atom stereocenters. The molecule has 1 aliphatic carbocycles. The van der Waals surface area contributed by atoms with Crippen molar-refractivity contribution in [2.75, 3.05) is 12.5 Å². The van der Waals surface area contributed by atoms with Crippen LogP contribution in [0.4, 0.5) is 0 Å². The molecular formula is C13H15ClO. The van der Waals surface area contributed by atoms with Gasteiger partial charge >= 0.3 is 0 Å². The Kier molecular flexibility index (Phi) is 3.32. The van der Waals surface area contributed by atoms with Gasteiger partial charge in [-0.15, -0.1) is 11.6 Å². The number of halogens is 1. The third-order valence-corrected chi connectivity index (χ3v) is 3.08. The molecule has 0 heterocycles. The predicted molar refractivity (Wildman–Crippen MR) is 63.8 cm³/mol. The lowest BCUT2D eigenvalue weighted by Gasteiger charge is -2.08. The van der Waals surface area contributed by atoms with Crippen LogP contribution >= 0.6 is 11.6 Å². The molecule has 0 aromatic heterocycles. The molecule has 0 saturated carbocycles. The Balaban J connectivity index is 2.01. The van der Waals surface area contributed by atoms with Crippen molar-refractivity contribution < 1.29 is 4.74 Å². The van der Waals surface area contributed by atoms with Gasteiger partial charge in [-0.3, -0.25) is 0 Å². The molecule has 80 valence electrons. The average molecular weight is 223 g/mol. The first-order valence-corrected chi connectivity index (χ1v) is 5.80. The summed E-state index contributed by atoms with van der Waals surface area (Å²) in [7, 11) is 0. The first-order valence-electron chi connectivity index (χ1n) is 5.27. The number of alkyl halides is 1. The molecule has 0 bridgehead atoms. The standard InChI is InChI=1S/C13H15ClO/c1-10(8-14)9-15-13-6-5-11-3-2-4-12(11)7-13/h5-7H,1-4,8-9H2. The van der Waals surface area contributed by atoms with Gasteiger partial charge in [-0.25, -0.2) is 0 Å². The van der Waals surface area contributed by atoms with Crippen LogP contribution in [-0.4, -0.2) is 12.5 Å². The van der Waals surface area contributed by atoms with Crippen LogP contribution in [0.15, 0.2) is 30.4 Å². The van der Waals surface area contributed by atoms with Gasteiger partial charge in [-0.1, -0.05) is 12.6 Å². The van der Waals surface area contributed by atoms with Gasteiger partial charge in [0.2, 0.25) is 0 Å². The Morgan fingerprint density at radius 3 is 2.93 bits per heavy atom. The van der Waals surface area contributed by atoms with E-state index in [1.54, 1.807) is 0 Å². The lowest BCUT2D eigenvalue weighted by Crippen LogP contribution is -2.01. The third-order valence-electron chi connectivity index (χ3n) is 2.70. The molecule has 0 fully saturated rings. The fourth-order valence-electron chi connectivity index (χ4n) is 1.86. The molecule has 0 radical (unpaired) electrons. The van der Waals surface area contributed by atoms with E-state index >= 15 is 0 Å². The minimum atomic E-state index is 0.463. The zero-order chi connectivity index (χ0) is 10.7. The number of rotatable bonds is 4. The molecule has 0 saturated heterocycles. The summed E-state index contributed by atoms with van der Waals surface area (Å²) in [5, 5.41) is 0. The highest BCUT2D eigenvalue weighted by molar-refractivity contribution is 6.19. The summed E-state index contributed by atoms with van der Waals surface area (Å²) in [5.41, 5.74) is 3.82. The first kappa shape index (κ1) is 10.6. The zero-order valence-electron chi connectivity index (χ0n) is 8.76. The molecule has 1 aliphatic rings. The van der Waals surface area contributed by atoms with Gasteiger partial charge in [0.25, 0.3) is 0 Å². The highest BCUT2D eigenvalue weighted by atomic mass is 35.5. The highest BCUT2D eigenvalue weighted by Crippen LogP contribution is 2.26. The fraction of sp³-hybridized carbons (Fsp3) is 0.385. The van der Waals surface area contributed by atoms with Crippen LogP contribution < -0.4 is 4.74 Å². The van der Waals surface area contributed by atoms with Gasteiger partial charge in [0.15, 0.2) is 0 Å². The summed E-state index contributed by atoms with van der Waals surface area (Å²) < 4.78 is 5.60. The predicted octanol–water partition coefficient (Wildman–Crippen LogP) is 3.35. The summed E-state index contributed by atoms with van der Waals surface area (Å²) in [6.07, 6.45) is 3.67. The second kappa shape index (κ2) is 4.71. The van der Waals surface area contributed by atoms with E-state index in [-0.39, 0.29) is 0 Å². The summed E-state index contributed by atoms with van der Waals surface area (Å²) in [6.45, 7) is 4.32. The van der Waals surface area contributed by atoms with Gasteiger partial charge in [-0.05, 0) is 48.1 Å². The molecule has 2 heteroatoms. The lowest BCUT2D eigenvalue weighted by molar-refractivity contribution is 0.353. The monoisotopic (exact) mass is 222 g/mol. The Morgan fingerprint density at radius 1 is 1.33 bits per heavy atom. The smallest absolute Gasteiger partial charge is 0.120 e. The zero-order valence-corrected chi connectivity index (χ0v) is 9.52. The van der Waals surface area contributed by atoms with E-state index in [1.807, 2.05) is 6.07 Å². The van der Waals surface area contributed by atoms with Crippen molar-refractivity contribution in [3.05, 3.63) is 41.5 Å². The van der Waals surface area contributed by atoms with Gasteiger partial charge in [0.1, 0.15) is 12.4 Å². The summed E-state index contributed by atoms with van der Waals surface area (Å²) in [4.78, 5) is 0. The molecule has 0 amide bonds. The van der Waals surface area contributed by atoms with Crippen molar-refractivity contribution in [1.29, 1.82) is 0 Å². The molecule has 0 aliphatic heterocycles. The van der Waals surface area contributed by atoms with Crippen LogP contribution in [-0.2, 0) is 12.8 Å². The number of ether oxygens (including phenoxy) is 1. The minimum Gasteiger partial charge on any atom is -0.489 e. The lowest BCUT2D eigenvalue weighted by atomic mass is 10.1. The number of hydrogen-bond acceptors (Lipinski definition) is 1. The van der Waals surface area contributed by atoms with E-state index < -0.39 is 0 Å². The van der Waals surface area contributed by atoms with Crippen LogP contribution in [0, 0.1) is 0 Å². The molecule has 0 unspecified atom stereocenters. The van der Waals surface area contributed by atoms with Gasteiger partial charge in [0, 0.05) is 5.88 Å². The van der Waals surface area contributed by atoms with Crippen LogP contribution in [0.5, 0.6) is 5.75 Å². The topological polar surface area (TPSA) is 9.23 Å². The first-order chi connectivity index (χ1) is 7.29. The van der Waals surface area contributed by atoms with Crippen LogP contribution in [0.25, 0.3) is 0 Å². The third kappa shape index (κ3) is 2.54. The molecule has 1 aromatic rings. The SMILES string of the molecule is C=C(CCl)COc1ccc2c(c1)CCC2. The van der Waals surface area contributed by atoms with Crippen molar-refractivity contribution in [3.63, 3.8) is 0 Å². The quantitative estimate of drug-likeness (QED) is 0.561. The minimum absolute atomic E-state index is 0.463. The van der Waals surface area contributed by atoms with E-state index in [2.05, 4.69) is 18.7 Å². The molecule has 1 nitrogen and oxygen atoms in total. The fourth-order valence-corrected chi connectivity index (χ4v) is 1.94. The normalized spacial score (nSPS) is 13.7. The molecule has 2 rings (SSSR count). The van der Waals surface area contributed by atoms with Crippen LogP contribution in [0.3, 0.4) is 0 Å². The van der Waals surface area contributed by atoms with Crippen molar-refractivity contribution in [2.24, 2.45) is 0 Å². The Hall–Kier alpha value is -0.950. The summed E-state index contributed by atoms with van der Waals surface area (Å²) >= 11 is 5.63. The van der Waals surface area contributed by atoms with E-state index in [9.17, 15) is 0 Å². The average Bonchev–Trinajstić information content (AvgIpc) is 2.72. The van der Waals surface area contributed by atoms with E-state index in [0.29, 0.717) is 12.5 Å². The maximum Gasteiger partial charge on any atom is 0.120 e. The molecule has 0 spiro atoms. The van der Waals surface area contributed by atoms with Crippen LogP contribution in [0.2, 0.25) is 0 Å². The Labute approximate surface area is 95.7 Å². The van der Waals surface area contributed by atoms with Crippen molar-refractivity contribution in [3.8, 4) is 5.75 Å². The molecule has 0 N–H and O–H groups in total. The second-order valence-corrected chi connectivity index (χ2v) is 4.22. The molecular weight excluding hydrogens is 208 g/mol.